The highest BCUT2D eigenvalue weighted by Gasteiger charge is 2.51. The first-order valence-electron chi connectivity index (χ1n) is 6.66. The van der Waals surface area contributed by atoms with E-state index < -0.39 is 18.3 Å². The Morgan fingerprint density at radius 3 is 2.70 bits per heavy atom. The number of likely N-dealkylation sites (tertiary alicyclic amines) is 1. The summed E-state index contributed by atoms with van der Waals surface area (Å²) in [6.45, 7) is 1.60. The molecule has 2 unspecified atom stereocenters. The minimum absolute atomic E-state index is 0.188. The average molecular weight is 297 g/mol. The van der Waals surface area contributed by atoms with Gasteiger partial charge in [-0.15, -0.1) is 0 Å². The molecule has 8 heteroatoms. The van der Waals surface area contributed by atoms with E-state index in [0.717, 1.165) is 6.92 Å². The van der Waals surface area contributed by atoms with Gasteiger partial charge in [0.2, 0.25) is 5.91 Å². The number of hydrogen-bond acceptors (Lipinski definition) is 4. The third kappa shape index (κ3) is 4.60. The van der Waals surface area contributed by atoms with Crippen molar-refractivity contribution in [3.05, 3.63) is 0 Å². The van der Waals surface area contributed by atoms with Crippen LogP contribution in [0.5, 0.6) is 0 Å². The number of carbonyl (C=O) groups is 1. The van der Waals surface area contributed by atoms with Crippen LogP contribution in [0.15, 0.2) is 0 Å². The Hall–Kier alpha value is -0.860. The van der Waals surface area contributed by atoms with Gasteiger partial charge in [-0.25, -0.2) is 0 Å². The van der Waals surface area contributed by atoms with Crippen LogP contribution in [0.4, 0.5) is 13.2 Å². The summed E-state index contributed by atoms with van der Waals surface area (Å²) in [5, 5.41) is 12.1. The number of amides is 1. The van der Waals surface area contributed by atoms with E-state index >= 15 is 0 Å². The highest BCUT2D eigenvalue weighted by Crippen LogP contribution is 2.31. The molecule has 0 aliphatic carbocycles. The van der Waals surface area contributed by atoms with Crippen LogP contribution in [0.3, 0.4) is 0 Å². The van der Waals surface area contributed by atoms with Crippen LogP contribution in [-0.4, -0.2) is 60.4 Å². The summed E-state index contributed by atoms with van der Waals surface area (Å²) in [6, 6.07) is 0. The van der Waals surface area contributed by atoms with E-state index in [0.29, 0.717) is 32.5 Å². The van der Waals surface area contributed by atoms with Crippen LogP contribution in [0, 0.1) is 5.92 Å². The lowest BCUT2D eigenvalue weighted by atomic mass is 9.95. The number of carbonyl (C=O) groups excluding carboxylic acids is 1. The number of nitrogens with one attached hydrogen (secondary N) is 1. The van der Waals surface area contributed by atoms with Gasteiger partial charge in [0, 0.05) is 26.2 Å². The smallest absolute Gasteiger partial charge is 0.380 e. The van der Waals surface area contributed by atoms with E-state index in [1.165, 1.54) is 4.90 Å². The van der Waals surface area contributed by atoms with Gasteiger partial charge in [-0.05, 0) is 26.3 Å². The lowest BCUT2D eigenvalue weighted by Gasteiger charge is -2.37. The van der Waals surface area contributed by atoms with E-state index in [-0.39, 0.29) is 18.4 Å². The number of hydrogen-bond donors (Lipinski definition) is 3. The van der Waals surface area contributed by atoms with Gasteiger partial charge >= 0.3 is 6.18 Å². The predicted molar refractivity (Wildman–Crippen MR) is 67.9 cm³/mol. The maximum atomic E-state index is 12.6. The lowest BCUT2D eigenvalue weighted by molar-refractivity contribution is -0.258. The molecule has 1 rings (SSSR count). The summed E-state index contributed by atoms with van der Waals surface area (Å²) in [7, 11) is 0. The Balaban J connectivity index is 2.55. The van der Waals surface area contributed by atoms with Gasteiger partial charge in [0.25, 0.3) is 0 Å². The van der Waals surface area contributed by atoms with Crippen LogP contribution < -0.4 is 11.1 Å². The quantitative estimate of drug-likeness (QED) is 0.672. The third-order valence-corrected chi connectivity index (χ3v) is 3.46. The number of halogens is 3. The molecule has 0 spiro atoms. The molecule has 5 nitrogen and oxygen atoms in total. The monoisotopic (exact) mass is 297 g/mol. The Morgan fingerprint density at radius 1 is 1.50 bits per heavy atom. The van der Waals surface area contributed by atoms with Crippen molar-refractivity contribution in [1.82, 2.24) is 10.2 Å². The van der Waals surface area contributed by atoms with E-state index in [1.807, 2.05) is 0 Å². The zero-order valence-electron chi connectivity index (χ0n) is 11.5. The molecule has 4 N–H and O–H groups in total. The van der Waals surface area contributed by atoms with Crippen molar-refractivity contribution in [3.63, 3.8) is 0 Å². The highest BCUT2D eigenvalue weighted by atomic mass is 19.4. The first-order valence-corrected chi connectivity index (χ1v) is 6.66. The number of rotatable bonds is 5. The first-order chi connectivity index (χ1) is 9.17. The molecule has 20 heavy (non-hydrogen) atoms. The first kappa shape index (κ1) is 17.2. The van der Waals surface area contributed by atoms with Crippen molar-refractivity contribution in [1.29, 1.82) is 0 Å². The number of alkyl halides is 3. The van der Waals surface area contributed by atoms with Gasteiger partial charge in [-0.3, -0.25) is 9.69 Å². The molecule has 1 amide bonds. The summed E-state index contributed by atoms with van der Waals surface area (Å²) >= 11 is 0. The Bertz CT molecular complexity index is 334. The maximum Gasteiger partial charge on any atom is 0.418 e. The van der Waals surface area contributed by atoms with Crippen LogP contribution in [0.25, 0.3) is 0 Å². The highest BCUT2D eigenvalue weighted by molar-refractivity contribution is 5.78. The van der Waals surface area contributed by atoms with Crippen molar-refractivity contribution in [2.45, 2.75) is 31.5 Å². The fourth-order valence-electron chi connectivity index (χ4n) is 2.28. The van der Waals surface area contributed by atoms with Crippen LogP contribution in [-0.2, 0) is 4.79 Å². The maximum absolute atomic E-state index is 12.6. The Morgan fingerprint density at radius 2 is 2.15 bits per heavy atom. The fraction of sp³-hybridized carbons (Fsp3) is 0.917. The molecule has 0 saturated carbocycles. The lowest BCUT2D eigenvalue weighted by Crippen LogP contribution is -2.54. The number of piperidine rings is 1. The van der Waals surface area contributed by atoms with Gasteiger partial charge in [-0.1, -0.05) is 0 Å². The number of nitrogens with zero attached hydrogens (tertiary/aromatic N) is 1. The third-order valence-electron chi connectivity index (χ3n) is 3.46. The molecular formula is C12H22F3N3O2. The molecule has 0 aromatic carbocycles. The van der Waals surface area contributed by atoms with E-state index in [4.69, 9.17) is 5.73 Å². The summed E-state index contributed by atoms with van der Waals surface area (Å²) in [4.78, 5) is 13.3. The van der Waals surface area contributed by atoms with E-state index in [2.05, 4.69) is 5.32 Å². The van der Waals surface area contributed by atoms with Crippen LogP contribution in [0.2, 0.25) is 0 Å². The number of β-amino-alcohol motifs (C(OH)–C–C–N with tert-alkyl or cyclic N) is 1. The van der Waals surface area contributed by atoms with Gasteiger partial charge in [0.05, 0.1) is 5.92 Å². The molecule has 0 bridgehead atoms. The topological polar surface area (TPSA) is 78.6 Å². The normalized spacial score (nSPS) is 24.2. The second kappa shape index (κ2) is 6.73. The van der Waals surface area contributed by atoms with Crippen molar-refractivity contribution in [3.8, 4) is 0 Å². The second-order valence-electron chi connectivity index (χ2n) is 5.43. The molecular weight excluding hydrogens is 275 g/mol. The van der Waals surface area contributed by atoms with Gasteiger partial charge in [0.1, 0.15) is 0 Å². The van der Waals surface area contributed by atoms with Crippen molar-refractivity contribution in [2.24, 2.45) is 11.7 Å². The van der Waals surface area contributed by atoms with Crippen molar-refractivity contribution >= 4 is 5.91 Å². The van der Waals surface area contributed by atoms with Gasteiger partial charge in [0.15, 0.2) is 5.60 Å². The summed E-state index contributed by atoms with van der Waals surface area (Å²) in [5.74, 6) is -0.536. The molecule has 1 fully saturated rings. The van der Waals surface area contributed by atoms with Crippen molar-refractivity contribution < 1.29 is 23.1 Å². The predicted octanol–water partition coefficient (Wildman–Crippen LogP) is 0.0866. The molecule has 1 aliphatic heterocycles. The summed E-state index contributed by atoms with van der Waals surface area (Å²) < 4.78 is 37.9. The minimum atomic E-state index is -4.68. The van der Waals surface area contributed by atoms with Crippen molar-refractivity contribution in [2.75, 3.05) is 32.7 Å². The van der Waals surface area contributed by atoms with E-state index in [9.17, 15) is 23.1 Å². The summed E-state index contributed by atoms with van der Waals surface area (Å²) in [6.07, 6.45) is -3.41. The molecule has 1 saturated heterocycles. The van der Waals surface area contributed by atoms with Gasteiger partial charge in [-0.2, -0.15) is 13.2 Å². The van der Waals surface area contributed by atoms with Crippen LogP contribution >= 0.6 is 0 Å². The molecule has 0 aromatic rings. The van der Waals surface area contributed by atoms with E-state index in [1.54, 1.807) is 0 Å². The fourth-order valence-corrected chi connectivity index (χ4v) is 2.28. The van der Waals surface area contributed by atoms with Gasteiger partial charge < -0.3 is 16.2 Å². The molecule has 118 valence electrons. The number of nitrogens with two attached hydrogens (primary N) is 1. The molecule has 0 aromatic heterocycles. The SMILES string of the molecule is CC(O)(CN1CCCC(C(=O)NCCN)C1)C(F)(F)F. The second-order valence-corrected chi connectivity index (χ2v) is 5.43. The molecule has 2 atom stereocenters. The zero-order chi connectivity index (χ0) is 15.4. The zero-order valence-corrected chi connectivity index (χ0v) is 11.5. The number of aliphatic hydroxyl groups is 1. The summed E-state index contributed by atoms with van der Waals surface area (Å²) in [5.41, 5.74) is 2.52. The molecule has 0 radical (unpaired) electrons. The molecule has 1 aliphatic rings. The Labute approximate surface area is 116 Å². The average Bonchev–Trinajstić information content (AvgIpc) is 2.34. The largest absolute Gasteiger partial charge is 0.418 e. The standard InChI is InChI=1S/C12H22F3N3O2/c1-11(20,12(13,14)15)8-18-6-2-3-9(7-18)10(19)17-5-4-16/h9,20H,2-8,16H2,1H3,(H,17,19). The van der Waals surface area contributed by atoms with Crippen LogP contribution in [0.1, 0.15) is 19.8 Å². The molecule has 1 heterocycles. The minimum Gasteiger partial charge on any atom is -0.380 e. The Kier molecular flexibility index (Phi) is 5.79.